The van der Waals surface area contributed by atoms with Gasteiger partial charge in [-0.2, -0.15) is 0 Å². The summed E-state index contributed by atoms with van der Waals surface area (Å²) in [6, 6.07) is 3.53. The minimum Gasteiger partial charge on any atom is -0.506 e. The first kappa shape index (κ1) is 26.2. The largest absolute Gasteiger partial charge is 0.506 e. The summed E-state index contributed by atoms with van der Waals surface area (Å²) >= 11 is 6.04. The van der Waals surface area contributed by atoms with Crippen LogP contribution in [0.4, 0.5) is 0 Å². The van der Waals surface area contributed by atoms with Gasteiger partial charge >= 0.3 is 0 Å². The lowest BCUT2D eigenvalue weighted by Gasteiger charge is -2.15. The highest BCUT2D eigenvalue weighted by molar-refractivity contribution is 6.31. The van der Waals surface area contributed by atoms with Crippen molar-refractivity contribution >= 4 is 24.2 Å². The van der Waals surface area contributed by atoms with Crippen LogP contribution in [0, 0.1) is 16.7 Å². The number of amides is 1. The lowest BCUT2D eigenvalue weighted by molar-refractivity contribution is 0.0951. The summed E-state index contributed by atoms with van der Waals surface area (Å²) in [6.07, 6.45) is 11.9. The minimum atomic E-state index is -0.232. The second kappa shape index (κ2) is 12.8. The van der Waals surface area contributed by atoms with Crippen molar-refractivity contribution in [2.75, 3.05) is 6.54 Å². The molecule has 0 aromatic carbocycles. The van der Waals surface area contributed by atoms with Gasteiger partial charge in [-0.05, 0) is 62.9 Å². The summed E-state index contributed by atoms with van der Waals surface area (Å²) in [4.78, 5) is 12.7. The number of aliphatic hydroxyl groups excluding tert-OH is 1. The maximum absolute atomic E-state index is 12.7. The zero-order valence-electron chi connectivity index (χ0n) is 19.4. The van der Waals surface area contributed by atoms with Crippen molar-refractivity contribution in [3.8, 4) is 0 Å². The van der Waals surface area contributed by atoms with E-state index < -0.39 is 0 Å². The Bertz CT molecular complexity index is 1030. The number of nitrogens with one attached hydrogen (secondary N) is 4. The van der Waals surface area contributed by atoms with E-state index in [2.05, 4.69) is 30.4 Å². The first-order valence-corrected chi connectivity index (χ1v) is 11.6. The Kier molecular flexibility index (Phi) is 10.2. The van der Waals surface area contributed by atoms with Crippen LogP contribution in [0.1, 0.15) is 56.3 Å². The van der Waals surface area contributed by atoms with Crippen LogP contribution in [0.3, 0.4) is 0 Å². The third kappa shape index (κ3) is 7.79. The number of aliphatic hydroxyl groups is 1. The predicted octanol–water partition coefficient (Wildman–Crippen LogP) is 4.89. The summed E-state index contributed by atoms with van der Waals surface area (Å²) in [6.45, 7) is 7.79. The zero-order chi connectivity index (χ0) is 24.4. The van der Waals surface area contributed by atoms with Gasteiger partial charge in [-0.3, -0.25) is 10.2 Å². The molecule has 7 nitrogen and oxygen atoms in total. The van der Waals surface area contributed by atoms with Gasteiger partial charge in [0, 0.05) is 43.2 Å². The maximum atomic E-state index is 12.7. The van der Waals surface area contributed by atoms with Crippen LogP contribution in [0.15, 0.2) is 64.3 Å². The first-order chi connectivity index (χ1) is 15.9. The molecule has 1 fully saturated rings. The number of carbonyl (C=O) groups is 1. The van der Waals surface area contributed by atoms with Gasteiger partial charge in [-0.25, -0.2) is 0 Å². The third-order valence-electron chi connectivity index (χ3n) is 5.47. The Hall–Kier alpha value is -3.06. The number of pyridine rings is 1. The fraction of sp³-hybridized carbons (Fsp3) is 0.400. The van der Waals surface area contributed by atoms with E-state index in [-0.39, 0.29) is 17.2 Å². The quantitative estimate of drug-likeness (QED) is 0.330. The molecule has 1 saturated carbocycles. The molecule has 33 heavy (non-hydrogen) atoms. The summed E-state index contributed by atoms with van der Waals surface area (Å²) in [5.74, 6) is 0.446. The van der Waals surface area contributed by atoms with Gasteiger partial charge in [0.25, 0.3) is 5.91 Å². The van der Waals surface area contributed by atoms with Gasteiger partial charge in [0.15, 0.2) is 0 Å². The van der Waals surface area contributed by atoms with Crippen molar-refractivity contribution < 1.29 is 9.90 Å². The Balaban J connectivity index is 0.00000187. The molecule has 0 saturated heterocycles. The molecule has 0 spiro atoms. The molecular weight excluding hydrogens is 438 g/mol. The fourth-order valence-corrected chi connectivity index (χ4v) is 3.57. The van der Waals surface area contributed by atoms with Crippen LogP contribution in [-0.2, 0) is 6.54 Å². The van der Waals surface area contributed by atoms with E-state index >= 15 is 0 Å². The fourth-order valence-electron chi connectivity index (χ4n) is 3.44. The van der Waals surface area contributed by atoms with Crippen LogP contribution in [0.25, 0.3) is 0 Å². The highest BCUT2D eigenvalue weighted by Gasteiger charge is 2.22. The van der Waals surface area contributed by atoms with Crippen molar-refractivity contribution in [1.29, 1.82) is 10.8 Å². The molecule has 0 aliphatic heterocycles. The van der Waals surface area contributed by atoms with Crippen LogP contribution in [-0.4, -0.2) is 28.8 Å². The Labute approximate surface area is 200 Å². The monoisotopic (exact) mass is 471 g/mol. The Morgan fingerprint density at radius 2 is 2.12 bits per heavy atom. The number of hydrogen-bond acceptors (Lipinski definition) is 5. The number of hydrogen-bond donors (Lipinski definition) is 5. The van der Waals surface area contributed by atoms with Gasteiger partial charge < -0.3 is 25.7 Å². The lowest BCUT2D eigenvalue weighted by Crippen LogP contribution is -2.34. The molecule has 0 unspecified atom stereocenters. The molecule has 3 rings (SSSR count). The molecule has 2 aliphatic carbocycles. The average Bonchev–Trinajstić information content (AvgIpc) is 3.64. The van der Waals surface area contributed by atoms with Crippen molar-refractivity contribution in [2.45, 2.75) is 52.5 Å². The van der Waals surface area contributed by atoms with E-state index in [1.54, 1.807) is 18.2 Å². The van der Waals surface area contributed by atoms with E-state index in [0.29, 0.717) is 35.9 Å². The zero-order valence-corrected chi connectivity index (χ0v) is 20.1. The number of aromatic nitrogens is 1. The van der Waals surface area contributed by atoms with Crippen LogP contribution in [0.2, 0.25) is 0 Å². The SMILES string of the molecule is C=N.CC/C=C(\CCNC(=O)c1cccn(CC2CC2)c1=N)NC1=C(C)CC=C(Cl)C(O)=C1. The number of carbonyl (C=O) groups excluding carboxylic acids is 1. The minimum absolute atomic E-state index is 0.0386. The second-order valence-electron chi connectivity index (χ2n) is 8.11. The Morgan fingerprint density at radius 1 is 1.39 bits per heavy atom. The number of nitrogens with zero attached hydrogens (tertiary/aromatic N) is 1. The normalized spacial score (nSPS) is 16.2. The van der Waals surface area contributed by atoms with E-state index in [1.807, 2.05) is 23.8 Å². The average molecular weight is 472 g/mol. The molecular formula is C25H34ClN5O2. The van der Waals surface area contributed by atoms with Gasteiger partial charge in [0.1, 0.15) is 11.2 Å². The number of halogens is 1. The van der Waals surface area contributed by atoms with Crippen molar-refractivity contribution in [1.82, 2.24) is 15.2 Å². The lowest BCUT2D eigenvalue weighted by atomic mass is 10.1. The van der Waals surface area contributed by atoms with Gasteiger partial charge in [0.2, 0.25) is 0 Å². The standard InChI is InChI=1S/C24H31ClN4O2.CH3N/c1-3-5-18(28-21-14-22(30)20(25)10-7-16(21)2)11-12-27-24(31)19-6-4-13-29(23(19)26)15-17-8-9-17;1-2/h4-6,10,13-14,17,26,28,30H,3,7-9,11-12,15H2,1-2H3,(H,27,31);2H,1H2/b18-5+,26-23?;. The van der Waals surface area contributed by atoms with E-state index in [0.717, 1.165) is 29.9 Å². The maximum Gasteiger partial charge on any atom is 0.255 e. The predicted molar refractivity (Wildman–Crippen MR) is 133 cm³/mol. The van der Waals surface area contributed by atoms with Crippen molar-refractivity contribution in [2.24, 2.45) is 5.92 Å². The number of allylic oxidation sites excluding steroid dienone is 5. The molecule has 1 aromatic heterocycles. The highest BCUT2D eigenvalue weighted by atomic mass is 35.5. The molecule has 2 aliphatic rings. The highest BCUT2D eigenvalue weighted by Crippen LogP contribution is 2.30. The second-order valence-corrected chi connectivity index (χ2v) is 8.52. The van der Waals surface area contributed by atoms with Crippen LogP contribution >= 0.6 is 11.6 Å². The molecule has 8 heteroatoms. The summed E-state index contributed by atoms with van der Waals surface area (Å²) in [7, 11) is 0. The molecule has 1 heterocycles. The molecule has 1 aromatic rings. The summed E-state index contributed by atoms with van der Waals surface area (Å²) in [5.41, 5.74) is 3.50. The molecule has 0 radical (unpaired) electrons. The molecule has 0 bridgehead atoms. The molecule has 178 valence electrons. The van der Waals surface area contributed by atoms with E-state index in [9.17, 15) is 9.90 Å². The van der Waals surface area contributed by atoms with Crippen molar-refractivity contribution in [3.05, 3.63) is 75.4 Å². The smallest absolute Gasteiger partial charge is 0.255 e. The molecule has 1 amide bonds. The summed E-state index contributed by atoms with van der Waals surface area (Å²) < 4.78 is 1.86. The first-order valence-electron chi connectivity index (χ1n) is 11.2. The van der Waals surface area contributed by atoms with Gasteiger partial charge in [-0.15, -0.1) is 0 Å². The third-order valence-corrected chi connectivity index (χ3v) is 5.81. The van der Waals surface area contributed by atoms with Gasteiger partial charge in [0.05, 0.1) is 10.6 Å². The summed E-state index contributed by atoms with van der Waals surface area (Å²) in [5, 5.41) is 30.6. The van der Waals surface area contributed by atoms with Gasteiger partial charge in [-0.1, -0.05) is 30.7 Å². The molecule has 0 atom stereocenters. The topological polar surface area (TPSA) is 114 Å². The van der Waals surface area contributed by atoms with E-state index in [4.69, 9.17) is 22.4 Å². The van der Waals surface area contributed by atoms with Crippen molar-refractivity contribution in [3.63, 3.8) is 0 Å². The Morgan fingerprint density at radius 3 is 2.79 bits per heavy atom. The molecule has 5 N–H and O–H groups in total. The van der Waals surface area contributed by atoms with Crippen LogP contribution in [0.5, 0.6) is 0 Å². The number of rotatable bonds is 9. The van der Waals surface area contributed by atoms with E-state index in [1.165, 1.54) is 12.8 Å². The van der Waals surface area contributed by atoms with Crippen LogP contribution < -0.4 is 16.1 Å².